The quantitative estimate of drug-likeness (QED) is 0.642. The largest absolute Gasteiger partial charge is 0.468 e. The molecule has 0 N–H and O–H groups in total. The molecule has 0 saturated heterocycles. The monoisotopic (exact) mass is 382 g/mol. The van der Waals surface area contributed by atoms with E-state index in [4.69, 9.17) is 4.74 Å². The molecule has 0 bridgehead atoms. The molecule has 1 aromatic carbocycles. The van der Waals surface area contributed by atoms with E-state index in [1.54, 1.807) is 6.07 Å². The van der Waals surface area contributed by atoms with E-state index in [1.807, 2.05) is 27.8 Å². The number of carbonyl (C=O) groups is 1. The summed E-state index contributed by atoms with van der Waals surface area (Å²) >= 11 is 0. The van der Waals surface area contributed by atoms with E-state index in [-0.39, 0.29) is 12.5 Å². The first-order chi connectivity index (χ1) is 12.7. The minimum absolute atomic E-state index is 0.170. The van der Waals surface area contributed by atoms with Crippen molar-refractivity contribution < 1.29 is 22.7 Å². The number of halogens is 3. The summed E-state index contributed by atoms with van der Waals surface area (Å²) in [6, 6.07) is 9.11. The summed E-state index contributed by atoms with van der Waals surface area (Å²) in [5.74, 6) is 0.0492. The van der Waals surface area contributed by atoms with Crippen molar-refractivity contribution in [3.8, 4) is 0 Å². The van der Waals surface area contributed by atoms with Gasteiger partial charge in [-0.1, -0.05) is 26.0 Å². The Labute approximate surface area is 157 Å². The zero-order valence-corrected chi connectivity index (χ0v) is 15.8. The number of methoxy groups -OCH3 is 1. The Morgan fingerprint density at radius 3 is 2.59 bits per heavy atom. The first-order valence-corrected chi connectivity index (χ1v) is 8.78. The Morgan fingerprint density at radius 2 is 1.96 bits per heavy atom. The molecule has 27 heavy (non-hydrogen) atoms. The van der Waals surface area contributed by atoms with Crippen molar-refractivity contribution in [1.29, 1.82) is 0 Å². The zero-order chi connectivity index (χ0) is 20.0. The summed E-state index contributed by atoms with van der Waals surface area (Å²) in [4.78, 5) is 13.6. The average Bonchev–Trinajstić information content (AvgIpc) is 3.00. The summed E-state index contributed by atoms with van der Waals surface area (Å²) < 4.78 is 45.4. The lowest BCUT2D eigenvalue weighted by Gasteiger charge is -2.24. The van der Waals surface area contributed by atoms with Crippen LogP contribution < -0.4 is 0 Å². The van der Waals surface area contributed by atoms with Gasteiger partial charge >= 0.3 is 12.1 Å². The van der Waals surface area contributed by atoms with E-state index < -0.39 is 11.7 Å². The Balaban J connectivity index is 2.15. The third kappa shape index (κ3) is 6.43. The van der Waals surface area contributed by atoms with Gasteiger partial charge in [0, 0.05) is 31.5 Å². The van der Waals surface area contributed by atoms with Crippen LogP contribution in [-0.2, 0) is 28.8 Å². The molecule has 0 unspecified atom stereocenters. The normalized spacial score (nSPS) is 12.0. The van der Waals surface area contributed by atoms with Gasteiger partial charge in [0.1, 0.15) is 0 Å². The van der Waals surface area contributed by atoms with Crippen LogP contribution in [0.25, 0.3) is 0 Å². The highest BCUT2D eigenvalue weighted by atomic mass is 19.4. The summed E-state index contributed by atoms with van der Waals surface area (Å²) in [6.07, 6.45) is -2.52. The highest BCUT2D eigenvalue weighted by molar-refractivity contribution is 5.71. The molecule has 0 amide bonds. The molecule has 0 fully saturated rings. The number of hydrogen-bond donors (Lipinski definition) is 0. The van der Waals surface area contributed by atoms with Gasteiger partial charge in [-0.15, -0.1) is 0 Å². The number of alkyl halides is 3. The molecule has 0 saturated carbocycles. The number of benzene rings is 1. The van der Waals surface area contributed by atoms with Crippen molar-refractivity contribution in [2.75, 3.05) is 20.2 Å². The van der Waals surface area contributed by atoms with Crippen molar-refractivity contribution in [1.82, 2.24) is 9.47 Å². The van der Waals surface area contributed by atoms with Crippen molar-refractivity contribution in [2.45, 2.75) is 33.1 Å². The minimum Gasteiger partial charge on any atom is -0.468 e. The lowest BCUT2D eigenvalue weighted by Crippen LogP contribution is -2.33. The second-order valence-electron chi connectivity index (χ2n) is 6.97. The van der Waals surface area contributed by atoms with Crippen LogP contribution in [0.5, 0.6) is 0 Å². The van der Waals surface area contributed by atoms with E-state index in [9.17, 15) is 18.0 Å². The summed E-state index contributed by atoms with van der Waals surface area (Å²) in [5.41, 5.74) is 0.850. The Bertz CT molecular complexity index is 754. The zero-order valence-electron chi connectivity index (χ0n) is 15.8. The molecule has 7 heteroatoms. The van der Waals surface area contributed by atoms with Gasteiger partial charge < -0.3 is 9.30 Å². The molecule has 148 valence electrons. The molecular weight excluding hydrogens is 357 g/mol. The smallest absolute Gasteiger partial charge is 0.416 e. The van der Waals surface area contributed by atoms with Crippen molar-refractivity contribution in [3.05, 3.63) is 59.4 Å². The molecule has 2 aromatic rings. The second kappa shape index (κ2) is 9.08. The lowest BCUT2D eigenvalue weighted by molar-refractivity contribution is -0.142. The highest BCUT2D eigenvalue weighted by Crippen LogP contribution is 2.29. The third-order valence-corrected chi connectivity index (χ3v) is 4.12. The molecule has 0 atom stereocenters. The fourth-order valence-electron chi connectivity index (χ4n) is 2.97. The van der Waals surface area contributed by atoms with Crippen LogP contribution in [-0.4, -0.2) is 35.6 Å². The highest BCUT2D eigenvalue weighted by Gasteiger charge is 2.30. The first kappa shape index (κ1) is 21.0. The predicted molar refractivity (Wildman–Crippen MR) is 97.1 cm³/mol. The van der Waals surface area contributed by atoms with Gasteiger partial charge in [-0.2, -0.15) is 13.2 Å². The second-order valence-corrected chi connectivity index (χ2v) is 6.97. The molecule has 0 aliphatic rings. The van der Waals surface area contributed by atoms with Crippen LogP contribution in [0.15, 0.2) is 42.6 Å². The molecular formula is C20H25F3N2O2. The number of aromatic nitrogens is 1. The van der Waals surface area contributed by atoms with Gasteiger partial charge in [0.15, 0.2) is 0 Å². The number of carbonyl (C=O) groups excluding carboxylic acids is 1. The average molecular weight is 382 g/mol. The van der Waals surface area contributed by atoms with Gasteiger partial charge in [0.05, 0.1) is 19.2 Å². The van der Waals surface area contributed by atoms with Crippen molar-refractivity contribution in [3.63, 3.8) is 0 Å². The fraction of sp³-hybridized carbons (Fsp3) is 0.450. The van der Waals surface area contributed by atoms with Crippen molar-refractivity contribution >= 4 is 5.97 Å². The van der Waals surface area contributed by atoms with E-state index >= 15 is 0 Å². The van der Waals surface area contributed by atoms with E-state index in [2.05, 4.69) is 13.8 Å². The van der Waals surface area contributed by atoms with Crippen LogP contribution in [0.1, 0.15) is 30.7 Å². The number of esters is 1. The van der Waals surface area contributed by atoms with Gasteiger partial charge in [-0.05, 0) is 35.7 Å². The first-order valence-electron chi connectivity index (χ1n) is 8.78. The van der Waals surface area contributed by atoms with Crippen LogP contribution >= 0.6 is 0 Å². The summed E-state index contributed by atoms with van der Waals surface area (Å²) in [7, 11) is 1.35. The molecule has 0 aliphatic carbocycles. The maximum absolute atomic E-state index is 12.9. The number of ether oxygens (including phenoxy) is 1. The van der Waals surface area contributed by atoms with Crippen LogP contribution in [0.3, 0.4) is 0 Å². The van der Waals surface area contributed by atoms with Gasteiger partial charge in [-0.25, -0.2) is 0 Å². The molecule has 2 rings (SSSR count). The predicted octanol–water partition coefficient (Wildman–Crippen LogP) is 4.19. The van der Waals surface area contributed by atoms with Crippen molar-refractivity contribution in [2.24, 2.45) is 5.92 Å². The third-order valence-electron chi connectivity index (χ3n) is 4.12. The number of rotatable bonds is 8. The molecule has 4 nitrogen and oxygen atoms in total. The maximum Gasteiger partial charge on any atom is 0.416 e. The van der Waals surface area contributed by atoms with Gasteiger partial charge in [0.2, 0.25) is 0 Å². The van der Waals surface area contributed by atoms with Gasteiger partial charge in [0.25, 0.3) is 0 Å². The van der Waals surface area contributed by atoms with E-state index in [0.717, 1.165) is 11.8 Å². The number of nitrogens with zero attached hydrogens (tertiary/aromatic N) is 2. The van der Waals surface area contributed by atoms with Gasteiger partial charge in [-0.3, -0.25) is 9.69 Å². The van der Waals surface area contributed by atoms with E-state index in [1.165, 1.54) is 19.2 Å². The Morgan fingerprint density at radius 1 is 1.22 bits per heavy atom. The molecule has 0 aliphatic heterocycles. The van der Waals surface area contributed by atoms with Crippen LogP contribution in [0.4, 0.5) is 13.2 Å². The van der Waals surface area contributed by atoms with E-state index in [0.29, 0.717) is 31.1 Å². The summed E-state index contributed by atoms with van der Waals surface area (Å²) in [6.45, 7) is 5.85. The SMILES string of the molecule is COC(=O)CN(Cc1cccn1Cc1cccc(C(F)(F)F)c1)CC(C)C. The maximum atomic E-state index is 12.9. The standard InChI is InChI=1S/C20H25F3N2O2/c1-15(2)11-24(14-19(26)27-3)13-18-8-5-9-25(18)12-16-6-4-7-17(10-16)20(21,22)23/h4-10,15H,11-14H2,1-3H3. The molecule has 1 aromatic heterocycles. The minimum atomic E-state index is -4.36. The molecule has 0 spiro atoms. The Hall–Kier alpha value is -2.28. The summed E-state index contributed by atoms with van der Waals surface area (Å²) in [5, 5.41) is 0. The molecule has 1 heterocycles. The van der Waals surface area contributed by atoms with Crippen LogP contribution in [0, 0.1) is 5.92 Å². The lowest BCUT2D eigenvalue weighted by atomic mass is 10.1. The Kier molecular flexibility index (Phi) is 7.07. The topological polar surface area (TPSA) is 34.5 Å². The number of hydrogen-bond acceptors (Lipinski definition) is 3. The van der Waals surface area contributed by atoms with Crippen LogP contribution in [0.2, 0.25) is 0 Å². The molecule has 0 radical (unpaired) electrons. The fourth-order valence-corrected chi connectivity index (χ4v) is 2.97.